The van der Waals surface area contributed by atoms with Crippen LogP contribution in [0.5, 0.6) is 0 Å². The molecule has 0 radical (unpaired) electrons. The maximum absolute atomic E-state index is 12.8. The van der Waals surface area contributed by atoms with E-state index >= 15 is 0 Å². The maximum Gasteiger partial charge on any atom is 0.247 e. The number of furan rings is 1. The lowest BCUT2D eigenvalue weighted by molar-refractivity contribution is -0.0242. The molecule has 2 unspecified atom stereocenters. The fourth-order valence-electron chi connectivity index (χ4n) is 2.97. The quantitative estimate of drug-likeness (QED) is 0.877. The monoisotopic (exact) mass is 365 g/mol. The third kappa shape index (κ3) is 2.33. The third-order valence-electron chi connectivity index (χ3n) is 3.88. The van der Waals surface area contributed by atoms with Crippen molar-refractivity contribution >= 4 is 26.0 Å². The van der Waals surface area contributed by atoms with E-state index in [-0.39, 0.29) is 34.1 Å². The van der Waals surface area contributed by atoms with Gasteiger partial charge in [0.1, 0.15) is 17.3 Å². The Kier molecular flexibility index (Phi) is 3.93. The van der Waals surface area contributed by atoms with Crippen LogP contribution in [-0.4, -0.2) is 43.1 Å². The molecule has 1 N–H and O–H groups in total. The van der Waals surface area contributed by atoms with Crippen LogP contribution in [0, 0.1) is 0 Å². The maximum atomic E-state index is 12.8. The first-order valence-corrected chi connectivity index (χ1v) is 8.80. The molecule has 6 nitrogen and oxygen atoms in total. The molecule has 1 saturated carbocycles. The number of morpholine rings is 1. The predicted octanol–water partition coefficient (Wildman–Crippen LogP) is 1.48. The number of aliphatic hydroxyl groups is 1. The molecular weight excluding hydrogens is 350 g/mol. The average Bonchev–Trinajstić information content (AvgIpc) is 3.03. The van der Waals surface area contributed by atoms with E-state index in [0.717, 1.165) is 19.3 Å². The highest BCUT2D eigenvalue weighted by molar-refractivity contribution is 9.10. The van der Waals surface area contributed by atoms with E-state index in [2.05, 4.69) is 15.9 Å². The summed E-state index contributed by atoms with van der Waals surface area (Å²) < 4.78 is 38.0. The van der Waals surface area contributed by atoms with E-state index in [0.29, 0.717) is 13.2 Å². The van der Waals surface area contributed by atoms with Crippen LogP contribution in [0.3, 0.4) is 0 Å². The van der Waals surface area contributed by atoms with Gasteiger partial charge in [-0.3, -0.25) is 0 Å². The summed E-state index contributed by atoms with van der Waals surface area (Å²) in [7, 11) is -3.63. The number of halogens is 1. The summed E-state index contributed by atoms with van der Waals surface area (Å²) in [6.07, 6.45) is 2.72. The van der Waals surface area contributed by atoms with Gasteiger partial charge in [0.2, 0.25) is 10.0 Å². The summed E-state index contributed by atoms with van der Waals surface area (Å²) in [6.45, 7) is 0.446. The summed E-state index contributed by atoms with van der Waals surface area (Å²) in [5.74, 6) is 0.228. The molecular formula is C12H16BrNO5S. The zero-order chi connectivity index (χ0) is 14.3. The van der Waals surface area contributed by atoms with Crippen LogP contribution in [-0.2, 0) is 21.4 Å². The number of hydrogen-bond acceptors (Lipinski definition) is 5. The molecule has 2 heterocycles. The zero-order valence-corrected chi connectivity index (χ0v) is 13.2. The predicted molar refractivity (Wildman–Crippen MR) is 73.6 cm³/mol. The molecule has 1 aromatic heterocycles. The van der Waals surface area contributed by atoms with Crippen LogP contribution in [0.15, 0.2) is 20.0 Å². The summed E-state index contributed by atoms with van der Waals surface area (Å²) in [4.78, 5) is 0.0779. The van der Waals surface area contributed by atoms with E-state index in [1.165, 1.54) is 10.4 Å². The van der Waals surface area contributed by atoms with Gasteiger partial charge in [-0.1, -0.05) is 0 Å². The van der Waals surface area contributed by atoms with Gasteiger partial charge in [-0.25, -0.2) is 8.42 Å². The second-order valence-electron chi connectivity index (χ2n) is 5.03. The molecule has 1 saturated heterocycles. The van der Waals surface area contributed by atoms with Crippen molar-refractivity contribution in [1.82, 2.24) is 4.31 Å². The van der Waals surface area contributed by atoms with Crippen LogP contribution in [0.25, 0.3) is 0 Å². The van der Waals surface area contributed by atoms with Crippen molar-refractivity contribution in [3.63, 3.8) is 0 Å². The fraction of sp³-hybridized carbons (Fsp3) is 0.667. The molecule has 1 aliphatic heterocycles. The van der Waals surface area contributed by atoms with Crippen molar-refractivity contribution < 1.29 is 22.7 Å². The highest BCUT2D eigenvalue weighted by Crippen LogP contribution is 2.36. The van der Waals surface area contributed by atoms with E-state index < -0.39 is 10.0 Å². The highest BCUT2D eigenvalue weighted by atomic mass is 79.9. The van der Waals surface area contributed by atoms with E-state index in [1.807, 2.05) is 0 Å². The minimum Gasteiger partial charge on any atom is -0.450 e. The van der Waals surface area contributed by atoms with Crippen LogP contribution in [0.4, 0.5) is 0 Å². The van der Waals surface area contributed by atoms with E-state index in [9.17, 15) is 8.42 Å². The normalized spacial score (nSPS) is 27.7. The molecule has 1 aliphatic carbocycles. The number of hydrogen-bond donors (Lipinski definition) is 1. The standard InChI is InChI=1S/C12H16BrNO5S/c13-12-11(6-8(7-15)19-12)20(16,17)14-4-5-18-10-3-1-2-9(10)14/h6,9-10,15H,1-5,7H2. The molecule has 8 heteroatoms. The molecule has 0 bridgehead atoms. The molecule has 2 aliphatic rings. The van der Waals surface area contributed by atoms with Gasteiger partial charge in [0, 0.05) is 12.6 Å². The highest BCUT2D eigenvalue weighted by Gasteiger charge is 2.43. The van der Waals surface area contributed by atoms with Gasteiger partial charge < -0.3 is 14.3 Å². The number of fused-ring (bicyclic) bond motifs is 1. The Morgan fingerprint density at radius 3 is 2.95 bits per heavy atom. The molecule has 1 aromatic rings. The Labute approximate surface area is 125 Å². The lowest BCUT2D eigenvalue weighted by atomic mass is 10.2. The smallest absolute Gasteiger partial charge is 0.247 e. The molecule has 0 amide bonds. The van der Waals surface area contributed by atoms with Gasteiger partial charge in [0.25, 0.3) is 0 Å². The second kappa shape index (κ2) is 5.42. The van der Waals surface area contributed by atoms with E-state index in [4.69, 9.17) is 14.3 Å². The minimum absolute atomic E-state index is 0.00140. The largest absolute Gasteiger partial charge is 0.450 e. The van der Waals surface area contributed by atoms with Crippen LogP contribution < -0.4 is 0 Å². The van der Waals surface area contributed by atoms with Crippen molar-refractivity contribution in [2.45, 2.75) is 42.9 Å². The second-order valence-corrected chi connectivity index (χ2v) is 7.61. The van der Waals surface area contributed by atoms with Gasteiger partial charge in [-0.15, -0.1) is 0 Å². The lowest BCUT2D eigenvalue weighted by Crippen LogP contribution is -2.51. The number of nitrogens with zero attached hydrogens (tertiary/aromatic N) is 1. The summed E-state index contributed by atoms with van der Waals surface area (Å²) >= 11 is 3.12. The van der Waals surface area contributed by atoms with Gasteiger partial charge in [-0.05, 0) is 35.2 Å². The van der Waals surface area contributed by atoms with Crippen molar-refractivity contribution in [2.75, 3.05) is 13.2 Å². The van der Waals surface area contributed by atoms with E-state index in [1.54, 1.807) is 0 Å². The Morgan fingerprint density at radius 1 is 1.45 bits per heavy atom. The minimum atomic E-state index is -3.63. The topological polar surface area (TPSA) is 80.0 Å². The molecule has 3 rings (SSSR count). The van der Waals surface area contributed by atoms with Gasteiger partial charge in [0.15, 0.2) is 4.67 Å². The first kappa shape index (κ1) is 14.5. The SMILES string of the molecule is O=S(=O)(c1cc(CO)oc1Br)N1CCOC2CCCC21. The Morgan fingerprint density at radius 2 is 2.25 bits per heavy atom. The van der Waals surface area contributed by atoms with Gasteiger partial charge in [-0.2, -0.15) is 4.31 Å². The number of sulfonamides is 1. The molecule has 0 aromatic carbocycles. The molecule has 0 spiro atoms. The summed E-state index contributed by atoms with van der Waals surface area (Å²) in [5, 5.41) is 9.06. The van der Waals surface area contributed by atoms with Gasteiger partial charge >= 0.3 is 0 Å². The van der Waals surface area contributed by atoms with Crippen LogP contribution in [0.2, 0.25) is 0 Å². The molecule has 20 heavy (non-hydrogen) atoms. The lowest BCUT2D eigenvalue weighted by Gasteiger charge is -2.36. The van der Waals surface area contributed by atoms with Crippen LogP contribution >= 0.6 is 15.9 Å². The molecule has 112 valence electrons. The number of rotatable bonds is 3. The van der Waals surface area contributed by atoms with Crippen molar-refractivity contribution in [3.05, 3.63) is 16.5 Å². The van der Waals surface area contributed by atoms with Crippen LogP contribution in [0.1, 0.15) is 25.0 Å². The Bertz CT molecular complexity index is 599. The fourth-order valence-corrected chi connectivity index (χ4v) is 5.59. The summed E-state index contributed by atoms with van der Waals surface area (Å²) in [6, 6.07) is 1.28. The average molecular weight is 366 g/mol. The van der Waals surface area contributed by atoms with Gasteiger partial charge in [0.05, 0.1) is 18.8 Å². The third-order valence-corrected chi connectivity index (χ3v) is 6.66. The number of aliphatic hydroxyl groups excluding tert-OH is 1. The molecule has 2 fully saturated rings. The zero-order valence-electron chi connectivity index (χ0n) is 10.8. The Balaban J connectivity index is 1.96. The summed E-state index contributed by atoms with van der Waals surface area (Å²) in [5.41, 5.74) is 0. The number of ether oxygens (including phenoxy) is 1. The molecule has 2 atom stereocenters. The first-order valence-electron chi connectivity index (χ1n) is 6.56. The van der Waals surface area contributed by atoms with Crippen molar-refractivity contribution in [2.24, 2.45) is 0 Å². The van der Waals surface area contributed by atoms with Crippen molar-refractivity contribution in [1.29, 1.82) is 0 Å². The van der Waals surface area contributed by atoms with Crippen molar-refractivity contribution in [3.8, 4) is 0 Å². The first-order chi connectivity index (χ1) is 9.54. The Hall–Kier alpha value is -0.410.